The standard InChI is InChI=1S/C18H21N3O3/c1-13-5-6-15(12-14(13)2)19-18(23)21-9-7-20(8-10-21)17(22)16-4-3-11-24-16/h3-6,11-12H,7-10H2,1-2H3,(H,19,23). The predicted octanol–water partition coefficient (Wildman–Crippen LogP) is 2.89. The number of hydrogen-bond donors (Lipinski definition) is 1. The summed E-state index contributed by atoms with van der Waals surface area (Å²) in [5, 5.41) is 2.92. The Bertz CT molecular complexity index is 732. The fourth-order valence-electron chi connectivity index (χ4n) is 2.69. The van der Waals surface area contributed by atoms with E-state index in [1.807, 2.05) is 32.0 Å². The Labute approximate surface area is 141 Å². The first-order valence-corrected chi connectivity index (χ1v) is 8.00. The molecule has 0 aliphatic carbocycles. The second kappa shape index (κ2) is 6.78. The number of nitrogens with zero attached hydrogens (tertiary/aromatic N) is 2. The van der Waals surface area contributed by atoms with Gasteiger partial charge in [0.2, 0.25) is 0 Å². The van der Waals surface area contributed by atoms with Gasteiger partial charge in [0.25, 0.3) is 5.91 Å². The molecule has 126 valence electrons. The number of carbonyl (C=O) groups is 2. The lowest BCUT2D eigenvalue weighted by atomic mass is 10.1. The van der Waals surface area contributed by atoms with Crippen molar-refractivity contribution in [1.29, 1.82) is 0 Å². The first-order valence-electron chi connectivity index (χ1n) is 8.00. The molecule has 1 aromatic carbocycles. The molecular formula is C18H21N3O3. The van der Waals surface area contributed by atoms with Crippen LogP contribution in [-0.2, 0) is 0 Å². The highest BCUT2D eigenvalue weighted by molar-refractivity contribution is 5.92. The Balaban J connectivity index is 1.55. The molecule has 0 radical (unpaired) electrons. The van der Waals surface area contributed by atoms with Gasteiger partial charge in [-0.15, -0.1) is 0 Å². The molecule has 3 amide bonds. The molecule has 0 spiro atoms. The van der Waals surface area contributed by atoms with Crippen LogP contribution in [0, 0.1) is 13.8 Å². The SMILES string of the molecule is Cc1ccc(NC(=O)N2CCN(C(=O)c3ccco3)CC2)cc1C. The van der Waals surface area contributed by atoms with E-state index in [4.69, 9.17) is 4.42 Å². The fraction of sp³-hybridized carbons (Fsp3) is 0.333. The summed E-state index contributed by atoms with van der Waals surface area (Å²) in [6.07, 6.45) is 1.49. The number of carbonyl (C=O) groups excluding carboxylic acids is 2. The van der Waals surface area contributed by atoms with Crippen LogP contribution in [0.3, 0.4) is 0 Å². The summed E-state index contributed by atoms with van der Waals surface area (Å²) in [6.45, 7) is 6.06. The van der Waals surface area contributed by atoms with Crippen LogP contribution in [0.15, 0.2) is 41.0 Å². The maximum absolute atomic E-state index is 12.4. The zero-order chi connectivity index (χ0) is 17.1. The van der Waals surface area contributed by atoms with Gasteiger partial charge in [-0.25, -0.2) is 4.79 Å². The van der Waals surface area contributed by atoms with Gasteiger partial charge < -0.3 is 19.5 Å². The Morgan fingerprint density at radius 2 is 1.71 bits per heavy atom. The molecule has 1 aliphatic rings. The zero-order valence-electron chi connectivity index (χ0n) is 13.9. The minimum Gasteiger partial charge on any atom is -0.459 e. The molecule has 0 saturated carbocycles. The third kappa shape index (κ3) is 3.42. The van der Waals surface area contributed by atoms with Crippen molar-refractivity contribution in [2.24, 2.45) is 0 Å². The topological polar surface area (TPSA) is 65.8 Å². The van der Waals surface area contributed by atoms with E-state index < -0.39 is 0 Å². The molecule has 1 N–H and O–H groups in total. The van der Waals surface area contributed by atoms with E-state index in [9.17, 15) is 9.59 Å². The minimum atomic E-state index is -0.136. The van der Waals surface area contributed by atoms with Crippen molar-refractivity contribution in [2.75, 3.05) is 31.5 Å². The molecule has 2 heterocycles. The second-order valence-electron chi connectivity index (χ2n) is 5.99. The summed E-state index contributed by atoms with van der Waals surface area (Å²) in [4.78, 5) is 28.0. The van der Waals surface area contributed by atoms with Crippen LogP contribution >= 0.6 is 0 Å². The van der Waals surface area contributed by atoms with Gasteiger partial charge >= 0.3 is 6.03 Å². The number of hydrogen-bond acceptors (Lipinski definition) is 3. The highest BCUT2D eigenvalue weighted by Gasteiger charge is 2.26. The van der Waals surface area contributed by atoms with Gasteiger partial charge in [-0.05, 0) is 49.2 Å². The molecule has 2 aromatic rings. The van der Waals surface area contributed by atoms with Crippen LogP contribution < -0.4 is 5.32 Å². The van der Waals surface area contributed by atoms with Gasteiger partial charge in [-0.2, -0.15) is 0 Å². The largest absolute Gasteiger partial charge is 0.459 e. The van der Waals surface area contributed by atoms with Gasteiger partial charge in [-0.3, -0.25) is 4.79 Å². The Hall–Kier alpha value is -2.76. The summed E-state index contributed by atoms with van der Waals surface area (Å²) in [7, 11) is 0. The number of urea groups is 1. The van der Waals surface area contributed by atoms with Crippen LogP contribution in [0.2, 0.25) is 0 Å². The Morgan fingerprint density at radius 3 is 2.33 bits per heavy atom. The normalized spacial score (nSPS) is 14.6. The lowest BCUT2D eigenvalue weighted by Gasteiger charge is -2.34. The Kier molecular flexibility index (Phi) is 4.55. The number of nitrogens with one attached hydrogen (secondary N) is 1. The fourth-order valence-corrected chi connectivity index (χ4v) is 2.69. The van der Waals surface area contributed by atoms with Gasteiger partial charge in [-0.1, -0.05) is 6.07 Å². The number of furan rings is 1. The second-order valence-corrected chi connectivity index (χ2v) is 5.99. The van der Waals surface area contributed by atoms with Crippen molar-refractivity contribution < 1.29 is 14.0 Å². The number of rotatable bonds is 2. The average molecular weight is 327 g/mol. The maximum Gasteiger partial charge on any atom is 0.321 e. The molecule has 1 aromatic heterocycles. The van der Waals surface area contributed by atoms with E-state index in [0.29, 0.717) is 31.9 Å². The van der Waals surface area contributed by atoms with Gasteiger partial charge in [0.05, 0.1) is 6.26 Å². The summed E-state index contributed by atoms with van der Waals surface area (Å²) in [6, 6.07) is 9.07. The highest BCUT2D eigenvalue weighted by Crippen LogP contribution is 2.15. The lowest BCUT2D eigenvalue weighted by molar-refractivity contribution is 0.0640. The number of benzene rings is 1. The molecule has 6 nitrogen and oxygen atoms in total. The van der Waals surface area contributed by atoms with Crippen molar-refractivity contribution in [3.63, 3.8) is 0 Å². The van der Waals surface area contributed by atoms with Gasteiger partial charge in [0, 0.05) is 31.9 Å². The number of anilines is 1. The number of aryl methyl sites for hydroxylation is 2. The molecule has 1 fully saturated rings. The van der Waals surface area contributed by atoms with E-state index in [1.165, 1.54) is 11.8 Å². The Morgan fingerprint density at radius 1 is 1.00 bits per heavy atom. The molecule has 1 saturated heterocycles. The maximum atomic E-state index is 12.4. The average Bonchev–Trinajstić information content (AvgIpc) is 3.12. The lowest BCUT2D eigenvalue weighted by Crippen LogP contribution is -2.51. The predicted molar refractivity (Wildman–Crippen MR) is 91.1 cm³/mol. The van der Waals surface area contributed by atoms with Crippen molar-refractivity contribution in [1.82, 2.24) is 9.80 Å². The summed E-state index contributed by atoms with van der Waals surface area (Å²) in [5.41, 5.74) is 3.12. The minimum absolute atomic E-state index is 0.130. The van der Waals surface area contributed by atoms with E-state index >= 15 is 0 Å². The first kappa shape index (κ1) is 16.1. The van der Waals surface area contributed by atoms with Crippen LogP contribution in [0.4, 0.5) is 10.5 Å². The summed E-state index contributed by atoms with van der Waals surface area (Å²) in [5.74, 6) is 0.206. The van der Waals surface area contributed by atoms with E-state index in [1.54, 1.807) is 21.9 Å². The molecule has 0 bridgehead atoms. The van der Waals surface area contributed by atoms with Gasteiger partial charge in [0.15, 0.2) is 5.76 Å². The quantitative estimate of drug-likeness (QED) is 0.922. The van der Waals surface area contributed by atoms with Crippen molar-refractivity contribution in [3.05, 3.63) is 53.5 Å². The molecule has 3 rings (SSSR count). The van der Waals surface area contributed by atoms with Crippen LogP contribution in [0.1, 0.15) is 21.7 Å². The molecule has 1 aliphatic heterocycles. The summed E-state index contributed by atoms with van der Waals surface area (Å²) >= 11 is 0. The van der Waals surface area contributed by atoms with E-state index in [-0.39, 0.29) is 11.9 Å². The third-order valence-corrected chi connectivity index (χ3v) is 4.34. The zero-order valence-corrected chi connectivity index (χ0v) is 13.9. The van der Waals surface area contributed by atoms with Crippen molar-refractivity contribution in [2.45, 2.75) is 13.8 Å². The first-order chi connectivity index (χ1) is 11.5. The molecular weight excluding hydrogens is 306 g/mol. The third-order valence-electron chi connectivity index (χ3n) is 4.34. The van der Waals surface area contributed by atoms with Crippen LogP contribution in [-0.4, -0.2) is 47.9 Å². The molecule has 0 atom stereocenters. The van der Waals surface area contributed by atoms with Crippen LogP contribution in [0.5, 0.6) is 0 Å². The number of amides is 3. The van der Waals surface area contributed by atoms with E-state index in [0.717, 1.165) is 11.3 Å². The van der Waals surface area contributed by atoms with E-state index in [2.05, 4.69) is 5.32 Å². The molecule has 24 heavy (non-hydrogen) atoms. The van der Waals surface area contributed by atoms with Crippen LogP contribution in [0.25, 0.3) is 0 Å². The van der Waals surface area contributed by atoms with Gasteiger partial charge in [0.1, 0.15) is 0 Å². The monoisotopic (exact) mass is 327 g/mol. The molecule has 0 unspecified atom stereocenters. The number of piperazine rings is 1. The van der Waals surface area contributed by atoms with Crippen molar-refractivity contribution >= 4 is 17.6 Å². The highest BCUT2D eigenvalue weighted by atomic mass is 16.3. The summed E-state index contributed by atoms with van der Waals surface area (Å²) < 4.78 is 5.14. The molecule has 6 heteroatoms. The smallest absolute Gasteiger partial charge is 0.321 e. The van der Waals surface area contributed by atoms with Crippen molar-refractivity contribution in [3.8, 4) is 0 Å².